The molecule has 0 saturated carbocycles. The molecule has 0 aromatic heterocycles. The molecule has 2 rings (SSSR count). The molecule has 0 amide bonds. The van der Waals surface area contributed by atoms with E-state index >= 15 is 0 Å². The molecule has 1 N–H and O–H groups in total. The number of aliphatic hydroxyl groups excluding tert-OH is 1. The van der Waals surface area contributed by atoms with Gasteiger partial charge in [-0.1, -0.05) is 12.5 Å². The lowest BCUT2D eigenvalue weighted by molar-refractivity contribution is 0.0469. The lowest BCUT2D eigenvalue weighted by atomic mass is 9.99. The van der Waals surface area contributed by atoms with Crippen LogP contribution in [0, 0.1) is 0 Å². The van der Waals surface area contributed by atoms with E-state index in [9.17, 15) is 5.11 Å². The predicted octanol–water partition coefficient (Wildman–Crippen LogP) is 2.61. The molecule has 0 radical (unpaired) electrons. The topological polar surface area (TPSA) is 41.9 Å². The molecule has 0 unspecified atom stereocenters. The second kappa shape index (κ2) is 6.95. The zero-order valence-corrected chi connectivity index (χ0v) is 12.6. The van der Waals surface area contributed by atoms with Crippen LogP contribution in [0.1, 0.15) is 37.9 Å². The first-order valence-corrected chi connectivity index (χ1v) is 7.31. The molecule has 112 valence electrons. The van der Waals surface area contributed by atoms with E-state index in [2.05, 4.69) is 11.8 Å². The van der Waals surface area contributed by atoms with Crippen LogP contribution in [-0.4, -0.2) is 43.4 Å². The van der Waals surface area contributed by atoms with E-state index in [1.165, 1.54) is 19.3 Å². The van der Waals surface area contributed by atoms with Gasteiger partial charge in [0.15, 0.2) is 11.5 Å². The molecule has 0 aliphatic carbocycles. The molecule has 0 spiro atoms. The maximum absolute atomic E-state index is 10.6. The van der Waals surface area contributed by atoms with E-state index in [4.69, 9.17) is 9.47 Å². The van der Waals surface area contributed by atoms with Gasteiger partial charge < -0.3 is 14.6 Å². The maximum Gasteiger partial charge on any atom is 0.161 e. The Morgan fingerprint density at radius 2 is 1.70 bits per heavy atom. The average Bonchev–Trinajstić information content (AvgIpc) is 2.53. The van der Waals surface area contributed by atoms with Crippen molar-refractivity contribution in [3.63, 3.8) is 0 Å². The Bertz CT molecular complexity index is 430. The van der Waals surface area contributed by atoms with Crippen LogP contribution >= 0.6 is 0 Å². The SMILES string of the molecule is COc1ccc([C@@H](O)[C@H](C)N2CCCCC2)cc1OC. The van der Waals surface area contributed by atoms with Crippen molar-refractivity contribution in [1.29, 1.82) is 0 Å². The number of hydrogen-bond donors (Lipinski definition) is 1. The standard InChI is InChI=1S/C16H25NO3/c1-12(17-9-5-4-6-10-17)16(18)13-7-8-14(19-2)15(11-13)20-3/h7-8,11-12,16,18H,4-6,9-10H2,1-3H3/t12-,16-/m0/s1. The van der Waals surface area contributed by atoms with Gasteiger partial charge in [0.05, 0.1) is 20.3 Å². The number of hydrogen-bond acceptors (Lipinski definition) is 4. The number of piperidine rings is 1. The number of benzene rings is 1. The summed E-state index contributed by atoms with van der Waals surface area (Å²) in [5.74, 6) is 1.35. The Morgan fingerprint density at radius 3 is 2.30 bits per heavy atom. The van der Waals surface area contributed by atoms with E-state index < -0.39 is 6.10 Å². The fraction of sp³-hybridized carbons (Fsp3) is 0.625. The zero-order valence-electron chi connectivity index (χ0n) is 12.6. The van der Waals surface area contributed by atoms with Crippen LogP contribution in [0.3, 0.4) is 0 Å². The number of likely N-dealkylation sites (tertiary alicyclic amines) is 1. The number of ether oxygens (including phenoxy) is 2. The molecular weight excluding hydrogens is 254 g/mol. The number of rotatable bonds is 5. The summed E-state index contributed by atoms with van der Waals surface area (Å²) in [6.45, 7) is 4.24. The van der Waals surface area contributed by atoms with Crippen molar-refractivity contribution in [3.8, 4) is 11.5 Å². The smallest absolute Gasteiger partial charge is 0.161 e. The molecule has 1 aromatic carbocycles. The van der Waals surface area contributed by atoms with Crippen molar-refractivity contribution >= 4 is 0 Å². The zero-order chi connectivity index (χ0) is 14.5. The summed E-state index contributed by atoms with van der Waals surface area (Å²) >= 11 is 0. The van der Waals surface area contributed by atoms with Crippen LogP contribution in [0.4, 0.5) is 0 Å². The fourth-order valence-corrected chi connectivity index (χ4v) is 2.84. The van der Waals surface area contributed by atoms with Crippen LogP contribution in [-0.2, 0) is 0 Å². The fourth-order valence-electron chi connectivity index (χ4n) is 2.84. The van der Waals surface area contributed by atoms with Gasteiger partial charge in [-0.3, -0.25) is 4.90 Å². The lowest BCUT2D eigenvalue weighted by Crippen LogP contribution is -2.40. The van der Waals surface area contributed by atoms with E-state index in [1.54, 1.807) is 14.2 Å². The Labute approximate surface area is 121 Å². The number of methoxy groups -OCH3 is 2. The normalized spacial score (nSPS) is 19.4. The molecule has 4 nitrogen and oxygen atoms in total. The molecule has 1 aromatic rings. The largest absolute Gasteiger partial charge is 0.493 e. The summed E-state index contributed by atoms with van der Waals surface area (Å²) in [6.07, 6.45) is 3.25. The highest BCUT2D eigenvalue weighted by atomic mass is 16.5. The maximum atomic E-state index is 10.6. The average molecular weight is 279 g/mol. The van der Waals surface area contributed by atoms with Crippen molar-refractivity contribution in [2.45, 2.75) is 38.3 Å². The number of nitrogens with zero attached hydrogens (tertiary/aromatic N) is 1. The molecule has 20 heavy (non-hydrogen) atoms. The molecule has 2 atom stereocenters. The second-order valence-corrected chi connectivity index (χ2v) is 5.40. The summed E-state index contributed by atoms with van der Waals surface area (Å²) in [7, 11) is 3.23. The van der Waals surface area contributed by atoms with Crippen LogP contribution < -0.4 is 9.47 Å². The van der Waals surface area contributed by atoms with Crippen LogP contribution in [0.15, 0.2) is 18.2 Å². The highest BCUT2D eigenvalue weighted by molar-refractivity contribution is 5.43. The number of aliphatic hydroxyl groups is 1. The van der Waals surface area contributed by atoms with Crippen molar-refractivity contribution in [3.05, 3.63) is 23.8 Å². The molecule has 1 aliphatic rings. The van der Waals surface area contributed by atoms with E-state index in [0.717, 1.165) is 18.7 Å². The van der Waals surface area contributed by atoms with Gasteiger partial charge >= 0.3 is 0 Å². The third-order valence-electron chi connectivity index (χ3n) is 4.17. The summed E-state index contributed by atoms with van der Waals surface area (Å²) < 4.78 is 10.5. The summed E-state index contributed by atoms with van der Waals surface area (Å²) in [5, 5.41) is 10.6. The first-order chi connectivity index (χ1) is 9.67. The van der Waals surface area contributed by atoms with Crippen molar-refractivity contribution < 1.29 is 14.6 Å². The summed E-state index contributed by atoms with van der Waals surface area (Å²) in [4.78, 5) is 2.37. The molecule has 1 aliphatic heterocycles. The van der Waals surface area contributed by atoms with E-state index in [1.807, 2.05) is 18.2 Å². The van der Waals surface area contributed by atoms with Gasteiger partial charge in [0, 0.05) is 6.04 Å². The second-order valence-electron chi connectivity index (χ2n) is 5.40. The first kappa shape index (κ1) is 15.1. The minimum atomic E-state index is -0.507. The van der Waals surface area contributed by atoms with Gasteiger partial charge in [0.25, 0.3) is 0 Å². The predicted molar refractivity (Wildman–Crippen MR) is 79.4 cm³/mol. The Balaban J connectivity index is 2.13. The summed E-state index contributed by atoms with van der Waals surface area (Å²) in [6, 6.07) is 5.74. The minimum absolute atomic E-state index is 0.119. The third-order valence-corrected chi connectivity index (χ3v) is 4.17. The molecule has 0 bridgehead atoms. The highest BCUT2D eigenvalue weighted by Gasteiger charge is 2.25. The van der Waals surface area contributed by atoms with E-state index in [-0.39, 0.29) is 6.04 Å². The molecule has 1 saturated heterocycles. The Hall–Kier alpha value is -1.26. The van der Waals surface area contributed by atoms with Crippen LogP contribution in [0.2, 0.25) is 0 Å². The Morgan fingerprint density at radius 1 is 1.05 bits per heavy atom. The van der Waals surface area contributed by atoms with Crippen LogP contribution in [0.25, 0.3) is 0 Å². The van der Waals surface area contributed by atoms with Crippen molar-refractivity contribution in [1.82, 2.24) is 4.90 Å². The first-order valence-electron chi connectivity index (χ1n) is 7.31. The molecule has 1 heterocycles. The summed E-state index contributed by atoms with van der Waals surface area (Å²) in [5.41, 5.74) is 0.876. The van der Waals surface area contributed by atoms with Crippen molar-refractivity contribution in [2.24, 2.45) is 0 Å². The van der Waals surface area contributed by atoms with Gasteiger partial charge in [0.2, 0.25) is 0 Å². The van der Waals surface area contributed by atoms with E-state index in [0.29, 0.717) is 11.5 Å². The lowest BCUT2D eigenvalue weighted by Gasteiger charge is -2.35. The van der Waals surface area contributed by atoms with Gasteiger partial charge in [0.1, 0.15) is 0 Å². The third kappa shape index (κ3) is 3.25. The highest BCUT2D eigenvalue weighted by Crippen LogP contribution is 2.32. The van der Waals surface area contributed by atoms with Gasteiger partial charge in [-0.05, 0) is 50.6 Å². The minimum Gasteiger partial charge on any atom is -0.493 e. The quantitative estimate of drug-likeness (QED) is 0.899. The molecular formula is C16H25NO3. The molecule has 1 fully saturated rings. The van der Waals surface area contributed by atoms with Crippen molar-refractivity contribution in [2.75, 3.05) is 27.3 Å². The van der Waals surface area contributed by atoms with Crippen LogP contribution in [0.5, 0.6) is 11.5 Å². The molecule has 4 heteroatoms. The Kier molecular flexibility index (Phi) is 5.26. The van der Waals surface area contributed by atoms with Gasteiger partial charge in [-0.2, -0.15) is 0 Å². The van der Waals surface area contributed by atoms with Gasteiger partial charge in [-0.15, -0.1) is 0 Å². The monoisotopic (exact) mass is 279 g/mol. The van der Waals surface area contributed by atoms with Gasteiger partial charge in [-0.25, -0.2) is 0 Å².